The van der Waals surface area contributed by atoms with Crippen LogP contribution in [0.15, 0.2) is 48.5 Å². The molecule has 0 heterocycles. The molecule has 6 nitrogen and oxygen atoms in total. The van der Waals surface area contributed by atoms with Crippen molar-refractivity contribution in [2.45, 2.75) is 102 Å². The number of carbonyl (C=O) groups is 2. The number of ether oxygens (including phenoxy) is 2. The first-order valence-corrected chi connectivity index (χ1v) is 15.3. The zero-order valence-corrected chi connectivity index (χ0v) is 28.8. The number of benzene rings is 2. The van der Waals surface area contributed by atoms with E-state index in [1.54, 1.807) is 7.11 Å². The third-order valence-corrected chi connectivity index (χ3v) is 9.64. The van der Waals surface area contributed by atoms with E-state index >= 15 is 0 Å². The Hall–Kier alpha value is -1.41. The van der Waals surface area contributed by atoms with E-state index in [-0.39, 0.29) is 71.4 Å². The number of fused-ring (bicyclic) bond motifs is 1. The van der Waals surface area contributed by atoms with E-state index in [0.717, 1.165) is 37.7 Å². The summed E-state index contributed by atoms with van der Waals surface area (Å²) in [6.45, 7) is 5.44. The van der Waals surface area contributed by atoms with Crippen molar-refractivity contribution in [2.24, 2.45) is 17.6 Å². The van der Waals surface area contributed by atoms with Gasteiger partial charge in [0.1, 0.15) is 6.61 Å². The normalized spacial score (nSPS) is 20.4. The predicted molar refractivity (Wildman–Crippen MR) is 172 cm³/mol. The molecular formula is C34H49ClN2NaO4. The smallest absolute Gasteiger partial charge is 0.309 e. The zero-order valence-electron chi connectivity index (χ0n) is 26.0. The molecule has 42 heavy (non-hydrogen) atoms. The number of amides is 1. The van der Waals surface area contributed by atoms with Gasteiger partial charge in [0.05, 0.1) is 12.0 Å². The minimum absolute atomic E-state index is 0. The molecule has 2 aromatic carbocycles. The van der Waals surface area contributed by atoms with Crippen LogP contribution in [0.25, 0.3) is 0 Å². The van der Waals surface area contributed by atoms with Crippen molar-refractivity contribution in [3.8, 4) is 0 Å². The van der Waals surface area contributed by atoms with Crippen LogP contribution in [0, 0.1) is 11.8 Å². The Morgan fingerprint density at radius 3 is 2.36 bits per heavy atom. The quantitative estimate of drug-likeness (QED) is 0.211. The van der Waals surface area contributed by atoms with E-state index in [1.807, 2.05) is 48.5 Å². The van der Waals surface area contributed by atoms with Gasteiger partial charge < -0.3 is 20.5 Å². The Morgan fingerprint density at radius 1 is 1.05 bits per heavy atom. The molecule has 0 bridgehead atoms. The predicted octanol–water partition coefficient (Wildman–Crippen LogP) is 6.13. The average Bonchev–Trinajstić information content (AvgIpc) is 2.99. The van der Waals surface area contributed by atoms with E-state index in [2.05, 4.69) is 19.2 Å². The van der Waals surface area contributed by atoms with Crippen molar-refractivity contribution in [1.29, 1.82) is 0 Å². The molecule has 0 aliphatic heterocycles. The van der Waals surface area contributed by atoms with E-state index < -0.39 is 5.91 Å². The molecule has 8 heteroatoms. The first kappa shape index (κ1) is 36.8. The fraction of sp³-hybridized carbons (Fsp3) is 0.588. The summed E-state index contributed by atoms with van der Waals surface area (Å²) in [6.07, 6.45) is 10.4. The molecule has 4 rings (SSSR count). The van der Waals surface area contributed by atoms with Gasteiger partial charge in [-0.25, -0.2) is 0 Å². The van der Waals surface area contributed by atoms with Crippen LogP contribution in [0.1, 0.15) is 98.7 Å². The minimum atomic E-state index is -0.401. The number of carbonyl (C=O) groups excluding carboxylic acids is 2. The Morgan fingerprint density at radius 2 is 1.74 bits per heavy atom. The molecule has 0 spiro atoms. The van der Waals surface area contributed by atoms with Crippen LogP contribution in [0.5, 0.6) is 0 Å². The van der Waals surface area contributed by atoms with Crippen LogP contribution in [-0.4, -0.2) is 67.2 Å². The standard InChI is InChI=1S/C34H48N2O4.ClH.Na/c1-4-34(5-2)29-21-27(32(35)37)17-16-26(29)22-30(39-3)31(34)36-19-18-28(20-24-12-8-6-9-13-24)33(38)40-23-25-14-10-7-11-15-25;;/h7,10-11,14-17,21,24,28,30-31,36H,4-6,8-9,12-13,18-20,22-23H2,1-3H3,(H2,35,37);1H;/t28-,30+,31-;;/m1../s1. The summed E-state index contributed by atoms with van der Waals surface area (Å²) in [6, 6.07) is 15.8. The Kier molecular flexibility index (Phi) is 15.6. The third-order valence-electron chi connectivity index (χ3n) is 9.64. The first-order valence-electron chi connectivity index (χ1n) is 15.3. The molecule has 2 aliphatic rings. The Labute approximate surface area is 281 Å². The Bertz CT molecular complexity index is 1120. The van der Waals surface area contributed by atoms with Crippen molar-refractivity contribution in [2.75, 3.05) is 13.7 Å². The van der Waals surface area contributed by atoms with E-state index in [4.69, 9.17) is 15.2 Å². The van der Waals surface area contributed by atoms with Crippen molar-refractivity contribution < 1.29 is 19.1 Å². The maximum Gasteiger partial charge on any atom is 0.309 e. The molecule has 1 amide bonds. The fourth-order valence-corrected chi connectivity index (χ4v) is 7.26. The van der Waals surface area contributed by atoms with Gasteiger partial charge in [0, 0.05) is 60.1 Å². The molecule has 3 N–H and O–H groups in total. The van der Waals surface area contributed by atoms with Crippen LogP contribution in [0.2, 0.25) is 0 Å². The van der Waals surface area contributed by atoms with Crippen LogP contribution >= 0.6 is 12.4 Å². The molecular weight excluding hydrogens is 559 g/mol. The summed E-state index contributed by atoms with van der Waals surface area (Å²) < 4.78 is 11.9. The number of nitrogens with one attached hydrogen (secondary N) is 1. The maximum absolute atomic E-state index is 13.4. The number of nitrogens with two attached hydrogens (primary N) is 1. The molecule has 1 fully saturated rings. The molecule has 1 saturated carbocycles. The molecule has 0 aromatic heterocycles. The van der Waals surface area contributed by atoms with Gasteiger partial charge in [-0.15, -0.1) is 12.4 Å². The molecule has 3 atom stereocenters. The molecule has 0 unspecified atom stereocenters. The monoisotopic (exact) mass is 607 g/mol. The van der Waals surface area contributed by atoms with Crippen LogP contribution in [0.3, 0.4) is 0 Å². The molecule has 2 aliphatic carbocycles. The summed E-state index contributed by atoms with van der Waals surface area (Å²) >= 11 is 0. The number of esters is 1. The summed E-state index contributed by atoms with van der Waals surface area (Å²) in [4.78, 5) is 25.4. The van der Waals surface area contributed by atoms with Gasteiger partial charge in [0.2, 0.25) is 5.91 Å². The largest absolute Gasteiger partial charge is 0.461 e. The molecule has 227 valence electrons. The van der Waals surface area contributed by atoms with Crippen molar-refractivity contribution in [1.82, 2.24) is 5.32 Å². The number of hydrogen-bond donors (Lipinski definition) is 2. The number of hydrogen-bond acceptors (Lipinski definition) is 5. The average molecular weight is 608 g/mol. The number of halogens is 1. The second kappa shape index (κ2) is 17.8. The Balaban J connectivity index is 0.00000308. The molecule has 2 aromatic rings. The van der Waals surface area contributed by atoms with Gasteiger partial charge >= 0.3 is 5.97 Å². The van der Waals surface area contributed by atoms with Gasteiger partial charge in [-0.1, -0.05) is 82.3 Å². The maximum atomic E-state index is 13.4. The number of primary amides is 1. The summed E-state index contributed by atoms with van der Waals surface area (Å²) in [5.74, 6) is -0.0251. The van der Waals surface area contributed by atoms with E-state index in [0.29, 0.717) is 24.6 Å². The van der Waals surface area contributed by atoms with Crippen molar-refractivity contribution >= 4 is 53.8 Å². The van der Waals surface area contributed by atoms with E-state index in [1.165, 1.54) is 43.2 Å². The van der Waals surface area contributed by atoms with Crippen LogP contribution in [0.4, 0.5) is 0 Å². The van der Waals surface area contributed by atoms with Crippen LogP contribution in [-0.2, 0) is 32.7 Å². The van der Waals surface area contributed by atoms with Gasteiger partial charge in [0.15, 0.2) is 0 Å². The zero-order chi connectivity index (χ0) is 28.5. The van der Waals surface area contributed by atoms with E-state index in [9.17, 15) is 9.59 Å². The SMILES string of the molecule is CCC1(CC)c2cc(C(N)=O)ccc2C[C@H](OC)[C@H]1NCC[C@H](CC1CCCCC1)C(=O)OCc1ccccc1.Cl.[Na]. The van der Waals surface area contributed by atoms with Crippen molar-refractivity contribution in [3.05, 3.63) is 70.8 Å². The van der Waals surface area contributed by atoms with Crippen LogP contribution < -0.4 is 11.1 Å². The number of methoxy groups -OCH3 is 1. The van der Waals surface area contributed by atoms with Crippen molar-refractivity contribution in [3.63, 3.8) is 0 Å². The van der Waals surface area contributed by atoms with Gasteiger partial charge in [-0.2, -0.15) is 0 Å². The first-order chi connectivity index (χ1) is 19.4. The summed E-state index contributed by atoms with van der Waals surface area (Å²) in [5.41, 5.74) is 9.44. The third kappa shape index (κ3) is 8.83. The van der Waals surface area contributed by atoms with Gasteiger partial charge in [-0.05, 0) is 67.0 Å². The number of rotatable bonds is 13. The molecule has 1 radical (unpaired) electrons. The summed E-state index contributed by atoms with van der Waals surface area (Å²) in [7, 11) is 1.78. The molecule has 0 saturated heterocycles. The van der Waals surface area contributed by atoms with Gasteiger partial charge in [-0.3, -0.25) is 9.59 Å². The fourth-order valence-electron chi connectivity index (χ4n) is 7.26. The summed E-state index contributed by atoms with van der Waals surface area (Å²) in [5, 5.41) is 3.85. The topological polar surface area (TPSA) is 90.7 Å². The minimum Gasteiger partial charge on any atom is -0.461 e. The second-order valence-corrected chi connectivity index (χ2v) is 11.8. The second-order valence-electron chi connectivity index (χ2n) is 11.8. The van der Waals surface area contributed by atoms with Gasteiger partial charge in [0.25, 0.3) is 0 Å².